The fourth-order valence-electron chi connectivity index (χ4n) is 3.83. The summed E-state index contributed by atoms with van der Waals surface area (Å²) in [7, 11) is 1.59. The predicted octanol–water partition coefficient (Wildman–Crippen LogP) is 2.72. The molecule has 0 saturated carbocycles. The molecule has 1 aliphatic heterocycles. The number of aromatic nitrogens is 2. The molecule has 1 fully saturated rings. The Morgan fingerprint density at radius 3 is 2.56 bits per heavy atom. The molecule has 0 unspecified atom stereocenters. The van der Waals surface area contributed by atoms with Crippen LogP contribution in [-0.4, -0.2) is 33.2 Å². The van der Waals surface area contributed by atoms with Crippen LogP contribution in [0, 0.1) is 20.8 Å². The molecule has 2 heterocycles. The van der Waals surface area contributed by atoms with Crippen molar-refractivity contribution in [1.29, 1.82) is 0 Å². The van der Waals surface area contributed by atoms with E-state index in [4.69, 9.17) is 0 Å². The van der Waals surface area contributed by atoms with E-state index in [1.54, 1.807) is 14.0 Å². The van der Waals surface area contributed by atoms with Crippen LogP contribution in [0.5, 0.6) is 0 Å². The first kappa shape index (κ1) is 17.4. The Morgan fingerprint density at radius 1 is 1.20 bits per heavy atom. The summed E-state index contributed by atoms with van der Waals surface area (Å²) in [5.74, 6) is 0.138. The topological polar surface area (TPSA) is 55.2 Å². The number of amides is 1. The van der Waals surface area contributed by atoms with Crippen LogP contribution in [0.2, 0.25) is 0 Å². The van der Waals surface area contributed by atoms with Crippen LogP contribution >= 0.6 is 0 Å². The third-order valence-corrected chi connectivity index (χ3v) is 5.40. The lowest BCUT2D eigenvalue weighted by Crippen LogP contribution is -2.40. The smallest absolute Gasteiger partial charge is 0.279 e. The van der Waals surface area contributed by atoms with Gasteiger partial charge in [0.1, 0.15) is 5.56 Å². The molecule has 2 atom stereocenters. The second-order valence-corrected chi connectivity index (χ2v) is 7.11. The van der Waals surface area contributed by atoms with Crippen molar-refractivity contribution in [3.8, 4) is 0 Å². The van der Waals surface area contributed by atoms with Crippen LogP contribution in [0.3, 0.4) is 0 Å². The van der Waals surface area contributed by atoms with Gasteiger partial charge in [0.2, 0.25) is 0 Å². The summed E-state index contributed by atoms with van der Waals surface area (Å²) in [5, 5.41) is 4.17. The van der Waals surface area contributed by atoms with Crippen molar-refractivity contribution in [2.24, 2.45) is 7.05 Å². The Bertz CT molecular complexity index is 885. The highest BCUT2D eigenvalue weighted by Gasteiger charge is 2.36. The molecule has 1 saturated heterocycles. The Hall–Kier alpha value is -2.43. The van der Waals surface area contributed by atoms with E-state index in [0.29, 0.717) is 23.7 Å². The van der Waals surface area contributed by atoms with Crippen molar-refractivity contribution in [1.82, 2.24) is 14.7 Å². The first-order valence-corrected chi connectivity index (χ1v) is 8.72. The maximum absolute atomic E-state index is 13.2. The molecule has 0 bridgehead atoms. The molecule has 25 heavy (non-hydrogen) atoms. The first-order valence-electron chi connectivity index (χ1n) is 8.72. The van der Waals surface area contributed by atoms with Gasteiger partial charge in [-0.05, 0) is 50.8 Å². The van der Waals surface area contributed by atoms with Gasteiger partial charge in [-0.15, -0.1) is 0 Å². The standard InChI is InChI=1S/C20H25N3O2/c1-12-8-6-7-9-17(12)16-10-13(2)23(11-16)20(25)18-14(3)15(4)21-22(5)19(18)24/h6-9,13,16H,10-11H2,1-5H3/t13-,16+/m0/s1. The average Bonchev–Trinajstić information content (AvgIpc) is 2.95. The Morgan fingerprint density at radius 2 is 1.88 bits per heavy atom. The molecule has 1 aromatic carbocycles. The van der Waals surface area contributed by atoms with Gasteiger partial charge in [0.25, 0.3) is 11.5 Å². The van der Waals surface area contributed by atoms with Gasteiger partial charge >= 0.3 is 0 Å². The van der Waals surface area contributed by atoms with Crippen LogP contribution in [-0.2, 0) is 7.05 Å². The van der Waals surface area contributed by atoms with Crippen LogP contribution < -0.4 is 5.56 Å². The van der Waals surface area contributed by atoms with Crippen LogP contribution in [0.1, 0.15) is 52.0 Å². The van der Waals surface area contributed by atoms with E-state index in [2.05, 4.69) is 31.1 Å². The molecule has 0 spiro atoms. The Labute approximate surface area is 148 Å². The Balaban J connectivity index is 1.95. The van der Waals surface area contributed by atoms with Gasteiger partial charge < -0.3 is 4.90 Å². The zero-order valence-corrected chi connectivity index (χ0v) is 15.5. The molecular weight excluding hydrogens is 314 g/mol. The number of benzene rings is 1. The third-order valence-electron chi connectivity index (χ3n) is 5.40. The van der Waals surface area contributed by atoms with Gasteiger partial charge in [-0.3, -0.25) is 9.59 Å². The number of likely N-dealkylation sites (tertiary alicyclic amines) is 1. The minimum atomic E-state index is -0.320. The van der Waals surface area contributed by atoms with Crippen LogP contribution in [0.4, 0.5) is 0 Å². The highest BCUT2D eigenvalue weighted by atomic mass is 16.2. The molecule has 1 amide bonds. The van der Waals surface area contributed by atoms with E-state index < -0.39 is 0 Å². The van der Waals surface area contributed by atoms with Gasteiger partial charge in [-0.2, -0.15) is 5.10 Å². The number of rotatable bonds is 2. The van der Waals surface area contributed by atoms with Crippen LogP contribution in [0.25, 0.3) is 0 Å². The van der Waals surface area contributed by atoms with Crippen molar-refractivity contribution >= 4 is 5.91 Å². The molecule has 5 nitrogen and oxygen atoms in total. The van der Waals surface area contributed by atoms with Gasteiger partial charge in [-0.1, -0.05) is 24.3 Å². The molecule has 0 radical (unpaired) electrons. The number of hydrogen-bond donors (Lipinski definition) is 0. The molecule has 132 valence electrons. The maximum Gasteiger partial charge on any atom is 0.279 e. The number of aryl methyl sites for hydroxylation is 3. The van der Waals surface area contributed by atoms with Crippen molar-refractivity contribution in [2.75, 3.05) is 6.54 Å². The van der Waals surface area contributed by atoms with Gasteiger partial charge in [0, 0.05) is 25.6 Å². The van der Waals surface area contributed by atoms with Gasteiger partial charge in [0.15, 0.2) is 0 Å². The monoisotopic (exact) mass is 339 g/mol. The minimum absolute atomic E-state index is 0.106. The van der Waals surface area contributed by atoms with E-state index >= 15 is 0 Å². The second-order valence-electron chi connectivity index (χ2n) is 7.11. The van der Waals surface area contributed by atoms with E-state index in [0.717, 1.165) is 6.42 Å². The van der Waals surface area contributed by atoms with E-state index in [1.165, 1.54) is 15.8 Å². The zero-order valence-electron chi connectivity index (χ0n) is 15.5. The summed E-state index contributed by atoms with van der Waals surface area (Å²) in [6, 6.07) is 8.43. The molecule has 1 aliphatic rings. The average molecular weight is 339 g/mol. The third kappa shape index (κ3) is 2.99. The molecule has 0 N–H and O–H groups in total. The van der Waals surface area contributed by atoms with Crippen molar-refractivity contribution in [2.45, 2.75) is 46.1 Å². The molecular formula is C20H25N3O2. The van der Waals surface area contributed by atoms with Crippen LogP contribution in [0.15, 0.2) is 29.1 Å². The zero-order chi connectivity index (χ0) is 18.3. The SMILES string of the molecule is Cc1ccccc1[C@@H]1C[C@H](C)N(C(=O)c2c(C)c(C)nn(C)c2=O)C1. The normalized spacial score (nSPS) is 20.1. The largest absolute Gasteiger partial charge is 0.335 e. The lowest BCUT2D eigenvalue weighted by Gasteiger charge is -2.22. The van der Waals surface area contributed by atoms with E-state index in [1.807, 2.05) is 24.0 Å². The number of carbonyl (C=O) groups is 1. The quantitative estimate of drug-likeness (QED) is 0.845. The lowest BCUT2D eigenvalue weighted by atomic mass is 9.93. The van der Waals surface area contributed by atoms with Gasteiger partial charge in [0.05, 0.1) is 5.69 Å². The Kier molecular flexibility index (Phi) is 4.50. The van der Waals surface area contributed by atoms with Crippen molar-refractivity contribution in [3.63, 3.8) is 0 Å². The summed E-state index contributed by atoms with van der Waals surface area (Å²) in [6.07, 6.45) is 0.917. The van der Waals surface area contributed by atoms with Crippen molar-refractivity contribution < 1.29 is 4.79 Å². The van der Waals surface area contributed by atoms with Crippen molar-refractivity contribution in [3.05, 3.63) is 62.6 Å². The summed E-state index contributed by atoms with van der Waals surface area (Å²) in [4.78, 5) is 27.5. The highest BCUT2D eigenvalue weighted by Crippen LogP contribution is 2.34. The molecule has 5 heteroatoms. The van der Waals surface area contributed by atoms with Gasteiger partial charge in [-0.25, -0.2) is 4.68 Å². The highest BCUT2D eigenvalue weighted by molar-refractivity contribution is 5.95. The fourth-order valence-corrected chi connectivity index (χ4v) is 3.83. The molecule has 1 aromatic heterocycles. The maximum atomic E-state index is 13.2. The lowest BCUT2D eigenvalue weighted by molar-refractivity contribution is 0.0742. The summed E-state index contributed by atoms with van der Waals surface area (Å²) < 4.78 is 1.26. The summed E-state index contributed by atoms with van der Waals surface area (Å²) >= 11 is 0. The second kappa shape index (κ2) is 6.47. The number of hydrogen-bond acceptors (Lipinski definition) is 3. The van der Waals surface area contributed by atoms with E-state index in [9.17, 15) is 9.59 Å². The molecule has 3 rings (SSSR count). The fraction of sp³-hybridized carbons (Fsp3) is 0.450. The summed E-state index contributed by atoms with van der Waals surface area (Å²) in [6.45, 7) is 8.45. The predicted molar refractivity (Wildman–Crippen MR) is 98.0 cm³/mol. The number of nitrogens with zero attached hydrogens (tertiary/aromatic N) is 3. The molecule has 0 aliphatic carbocycles. The minimum Gasteiger partial charge on any atom is -0.335 e. The van der Waals surface area contributed by atoms with E-state index in [-0.39, 0.29) is 23.1 Å². The first-order chi connectivity index (χ1) is 11.8. The molecule has 2 aromatic rings. The summed E-state index contributed by atoms with van der Waals surface area (Å²) in [5.41, 5.74) is 3.88. The number of carbonyl (C=O) groups excluding carboxylic acids is 1.